The standard InChI is InChI=1S/C13H18N2O3S/c1-10(16)15(7-8-19)13(18)12(17)9-14-11-5-3-2-4-6-11/h2-6,12,14,17,19H,7-9H2,1H3. The first-order valence-corrected chi connectivity index (χ1v) is 6.59. The fourth-order valence-electron chi connectivity index (χ4n) is 1.56. The molecule has 0 fully saturated rings. The molecule has 0 saturated heterocycles. The van der Waals surface area contributed by atoms with Gasteiger partial charge in [0.2, 0.25) is 5.91 Å². The third kappa shape index (κ3) is 4.92. The van der Waals surface area contributed by atoms with Crippen molar-refractivity contribution < 1.29 is 14.7 Å². The van der Waals surface area contributed by atoms with Gasteiger partial charge in [-0.1, -0.05) is 18.2 Å². The van der Waals surface area contributed by atoms with E-state index in [0.29, 0.717) is 5.75 Å². The average molecular weight is 282 g/mol. The summed E-state index contributed by atoms with van der Waals surface area (Å²) < 4.78 is 0. The number of nitrogens with one attached hydrogen (secondary N) is 1. The number of hydrogen-bond acceptors (Lipinski definition) is 5. The summed E-state index contributed by atoms with van der Waals surface area (Å²) in [6.45, 7) is 1.54. The van der Waals surface area contributed by atoms with Gasteiger partial charge in [0.25, 0.3) is 5.91 Å². The monoisotopic (exact) mass is 282 g/mol. The van der Waals surface area contributed by atoms with Crippen LogP contribution in [0, 0.1) is 0 Å². The molecule has 1 aromatic rings. The van der Waals surface area contributed by atoms with Crippen LogP contribution in [0.5, 0.6) is 0 Å². The van der Waals surface area contributed by atoms with E-state index in [1.807, 2.05) is 30.3 Å². The van der Waals surface area contributed by atoms with E-state index in [1.165, 1.54) is 6.92 Å². The molecule has 5 nitrogen and oxygen atoms in total. The summed E-state index contributed by atoms with van der Waals surface area (Å²) in [5.74, 6) is -0.632. The lowest BCUT2D eigenvalue weighted by Crippen LogP contribution is -2.45. The summed E-state index contributed by atoms with van der Waals surface area (Å²) in [5.41, 5.74) is 0.804. The lowest BCUT2D eigenvalue weighted by molar-refractivity contribution is -0.148. The summed E-state index contributed by atoms with van der Waals surface area (Å²) in [4.78, 5) is 24.2. The number of benzene rings is 1. The zero-order valence-electron chi connectivity index (χ0n) is 10.7. The highest BCUT2D eigenvalue weighted by Crippen LogP contribution is 2.06. The van der Waals surface area contributed by atoms with Crippen molar-refractivity contribution in [2.24, 2.45) is 0 Å². The van der Waals surface area contributed by atoms with Crippen LogP contribution in [0.25, 0.3) is 0 Å². The maximum atomic E-state index is 11.9. The molecule has 0 radical (unpaired) electrons. The van der Waals surface area contributed by atoms with E-state index in [1.54, 1.807) is 0 Å². The number of para-hydroxylation sites is 1. The van der Waals surface area contributed by atoms with E-state index in [4.69, 9.17) is 0 Å². The van der Waals surface area contributed by atoms with Gasteiger partial charge in [-0.05, 0) is 12.1 Å². The van der Waals surface area contributed by atoms with Crippen molar-refractivity contribution in [2.75, 3.05) is 24.2 Å². The SMILES string of the molecule is CC(=O)N(CCS)C(=O)C(O)CNc1ccccc1. The highest BCUT2D eigenvalue weighted by atomic mass is 32.1. The highest BCUT2D eigenvalue weighted by Gasteiger charge is 2.24. The minimum atomic E-state index is -1.26. The van der Waals surface area contributed by atoms with Crippen molar-refractivity contribution in [3.05, 3.63) is 30.3 Å². The average Bonchev–Trinajstić information content (AvgIpc) is 2.42. The Hall–Kier alpha value is -1.53. The molecule has 0 heterocycles. The van der Waals surface area contributed by atoms with Crippen LogP contribution < -0.4 is 5.32 Å². The number of carbonyl (C=O) groups is 2. The Balaban J connectivity index is 2.54. The lowest BCUT2D eigenvalue weighted by atomic mass is 10.2. The molecule has 1 rings (SSSR count). The number of nitrogens with zero attached hydrogens (tertiary/aromatic N) is 1. The quantitative estimate of drug-likeness (QED) is 0.674. The van der Waals surface area contributed by atoms with Crippen LogP contribution in [0.4, 0.5) is 5.69 Å². The molecule has 0 spiro atoms. The van der Waals surface area contributed by atoms with Gasteiger partial charge in [0.1, 0.15) is 0 Å². The van der Waals surface area contributed by atoms with Crippen LogP contribution >= 0.6 is 12.6 Å². The van der Waals surface area contributed by atoms with Crippen molar-refractivity contribution >= 4 is 30.1 Å². The Morgan fingerprint density at radius 3 is 2.53 bits per heavy atom. The van der Waals surface area contributed by atoms with Gasteiger partial charge in [0.15, 0.2) is 6.10 Å². The van der Waals surface area contributed by atoms with Crippen LogP contribution in [0.1, 0.15) is 6.92 Å². The Labute approximate surface area is 118 Å². The van der Waals surface area contributed by atoms with Gasteiger partial charge in [0.05, 0.1) is 0 Å². The third-order valence-electron chi connectivity index (χ3n) is 2.53. The van der Waals surface area contributed by atoms with E-state index >= 15 is 0 Å². The molecule has 0 aliphatic carbocycles. The van der Waals surface area contributed by atoms with Crippen molar-refractivity contribution in [3.8, 4) is 0 Å². The number of imide groups is 1. The number of aliphatic hydroxyl groups excluding tert-OH is 1. The van der Waals surface area contributed by atoms with Gasteiger partial charge in [-0.2, -0.15) is 12.6 Å². The van der Waals surface area contributed by atoms with Crippen molar-refractivity contribution in [3.63, 3.8) is 0 Å². The predicted octanol–water partition coefficient (Wildman–Crippen LogP) is 0.764. The van der Waals surface area contributed by atoms with Gasteiger partial charge in [0, 0.05) is 31.5 Å². The third-order valence-corrected chi connectivity index (χ3v) is 2.73. The molecule has 0 bridgehead atoms. The number of thiol groups is 1. The molecule has 0 aromatic heterocycles. The summed E-state index contributed by atoms with van der Waals surface area (Å²) >= 11 is 3.98. The van der Waals surface area contributed by atoms with Crippen LogP contribution in [0.3, 0.4) is 0 Å². The molecule has 0 aliphatic rings. The molecule has 1 atom stereocenters. The number of hydrogen-bond donors (Lipinski definition) is 3. The molecule has 1 aromatic carbocycles. The van der Waals surface area contributed by atoms with Crippen molar-refractivity contribution in [2.45, 2.75) is 13.0 Å². The second kappa shape index (κ2) is 7.81. The molecule has 2 N–H and O–H groups in total. The fourth-order valence-corrected chi connectivity index (χ4v) is 1.76. The van der Waals surface area contributed by atoms with Crippen LogP contribution in [0.2, 0.25) is 0 Å². The highest BCUT2D eigenvalue weighted by molar-refractivity contribution is 7.80. The summed E-state index contributed by atoms with van der Waals surface area (Å²) in [6, 6.07) is 9.22. The first-order valence-electron chi connectivity index (χ1n) is 5.96. The molecular formula is C13H18N2O3S. The van der Waals surface area contributed by atoms with Gasteiger partial charge in [-0.25, -0.2) is 0 Å². The maximum Gasteiger partial charge on any atom is 0.259 e. The molecule has 19 heavy (non-hydrogen) atoms. The molecule has 0 saturated carbocycles. The normalized spacial score (nSPS) is 11.7. The van der Waals surface area contributed by atoms with E-state index in [9.17, 15) is 14.7 Å². The van der Waals surface area contributed by atoms with Gasteiger partial charge < -0.3 is 10.4 Å². The van der Waals surface area contributed by atoms with Crippen molar-refractivity contribution in [1.82, 2.24) is 4.90 Å². The number of rotatable bonds is 6. The molecule has 2 amide bonds. The van der Waals surface area contributed by atoms with Crippen LogP contribution in [0.15, 0.2) is 30.3 Å². The van der Waals surface area contributed by atoms with Crippen LogP contribution in [-0.2, 0) is 9.59 Å². The smallest absolute Gasteiger partial charge is 0.259 e. The number of amides is 2. The molecule has 6 heteroatoms. The second-order valence-electron chi connectivity index (χ2n) is 4.00. The summed E-state index contributed by atoms with van der Waals surface area (Å²) in [7, 11) is 0. The first kappa shape index (κ1) is 15.5. The molecule has 104 valence electrons. The second-order valence-corrected chi connectivity index (χ2v) is 4.44. The molecular weight excluding hydrogens is 264 g/mol. The largest absolute Gasteiger partial charge is 0.382 e. The van der Waals surface area contributed by atoms with E-state index in [-0.39, 0.29) is 13.1 Å². The summed E-state index contributed by atoms with van der Waals surface area (Å²) in [6.07, 6.45) is -1.26. The van der Waals surface area contributed by atoms with E-state index < -0.39 is 17.9 Å². The zero-order valence-corrected chi connectivity index (χ0v) is 11.6. The van der Waals surface area contributed by atoms with Gasteiger partial charge in [-0.3, -0.25) is 14.5 Å². The van der Waals surface area contributed by atoms with Crippen molar-refractivity contribution in [1.29, 1.82) is 0 Å². The minimum absolute atomic E-state index is 0.0548. The molecule has 0 aliphatic heterocycles. The Morgan fingerprint density at radius 2 is 2.00 bits per heavy atom. The topological polar surface area (TPSA) is 69.6 Å². The number of aliphatic hydroxyl groups is 1. The first-order chi connectivity index (χ1) is 9.06. The Morgan fingerprint density at radius 1 is 1.37 bits per heavy atom. The van der Waals surface area contributed by atoms with E-state index in [0.717, 1.165) is 10.6 Å². The zero-order chi connectivity index (χ0) is 14.3. The summed E-state index contributed by atoms with van der Waals surface area (Å²) in [5, 5.41) is 12.7. The van der Waals surface area contributed by atoms with Gasteiger partial charge in [-0.15, -0.1) is 0 Å². The van der Waals surface area contributed by atoms with E-state index in [2.05, 4.69) is 17.9 Å². The predicted molar refractivity (Wildman–Crippen MR) is 77.2 cm³/mol. The minimum Gasteiger partial charge on any atom is -0.382 e. The molecule has 1 unspecified atom stereocenters. The lowest BCUT2D eigenvalue weighted by Gasteiger charge is -2.21. The maximum absolute atomic E-state index is 11.9. The van der Waals surface area contributed by atoms with Crippen LogP contribution in [-0.4, -0.2) is 46.8 Å². The Kier molecular flexibility index (Phi) is 6.38. The Bertz CT molecular complexity index is 425. The number of anilines is 1. The number of carbonyl (C=O) groups excluding carboxylic acids is 2. The van der Waals surface area contributed by atoms with Gasteiger partial charge >= 0.3 is 0 Å². The fraction of sp³-hybridized carbons (Fsp3) is 0.385.